The summed E-state index contributed by atoms with van der Waals surface area (Å²) < 4.78 is 15.9. The van der Waals surface area contributed by atoms with Crippen LogP contribution in [0.5, 0.6) is 5.75 Å². The molecule has 0 fully saturated rings. The molecule has 0 saturated heterocycles. The zero-order chi connectivity index (χ0) is 35.1. The number of hydrogen-bond donors (Lipinski definition) is 2. The summed E-state index contributed by atoms with van der Waals surface area (Å²) in [5, 5.41) is 9.90. The molecule has 0 aliphatic rings. The van der Waals surface area contributed by atoms with Gasteiger partial charge in [-0.15, -0.1) is 0 Å². The fourth-order valence-electron chi connectivity index (χ4n) is 4.55. The maximum absolute atomic E-state index is 12.0. The number of rotatable bonds is 12. The first-order valence-electron chi connectivity index (χ1n) is 15.3. The number of amides is 2. The minimum Gasteiger partial charge on any atom is -0.489 e. The highest BCUT2D eigenvalue weighted by atomic mass is 35.5. The van der Waals surface area contributed by atoms with Crippen molar-refractivity contribution in [3.8, 4) is 5.75 Å². The van der Waals surface area contributed by atoms with Crippen LogP contribution in [0.2, 0.25) is 5.02 Å². The summed E-state index contributed by atoms with van der Waals surface area (Å²) in [5.74, 6) is 0.681. The number of aryl methyl sites for hydroxylation is 3. The topological polar surface area (TPSA) is 120 Å². The monoisotopic (exact) mass is 674 g/mol. The molecule has 1 aromatic heterocycles. The molecule has 1 heterocycles. The number of benzene rings is 3. The molecule has 2 amide bonds. The molecule has 0 bridgehead atoms. The van der Waals surface area contributed by atoms with Crippen molar-refractivity contribution in [3.05, 3.63) is 129 Å². The SMILES string of the molecule is CNC(=O)C(OC)c1ccccc1COc1cc(C)ccc1C.COC(=O)NCc1cc(/C(C)=N/OCc2cccc(C)n2)ccc1Cl. The predicted octanol–water partition coefficient (Wildman–Crippen LogP) is 7.16. The van der Waals surface area contributed by atoms with Crippen molar-refractivity contribution in [2.45, 2.75) is 53.6 Å². The van der Waals surface area contributed by atoms with Crippen LogP contribution >= 0.6 is 11.6 Å². The van der Waals surface area contributed by atoms with Crippen molar-refractivity contribution >= 4 is 29.3 Å². The Hall–Kier alpha value is -4.93. The number of oxime groups is 1. The number of alkyl carbamates (subject to hydrolysis) is 1. The molecule has 10 nitrogen and oxygen atoms in total. The molecule has 0 saturated carbocycles. The molecule has 48 heavy (non-hydrogen) atoms. The molecular formula is C37H43ClN4O6. The van der Waals surface area contributed by atoms with E-state index in [9.17, 15) is 9.59 Å². The van der Waals surface area contributed by atoms with Crippen LogP contribution in [-0.4, -0.2) is 44.0 Å². The fraction of sp³-hybridized carbons (Fsp3) is 0.297. The van der Waals surface area contributed by atoms with E-state index < -0.39 is 12.2 Å². The van der Waals surface area contributed by atoms with Gasteiger partial charge in [-0.3, -0.25) is 9.78 Å². The Bertz CT molecular complexity index is 1710. The normalized spacial score (nSPS) is 11.5. The maximum atomic E-state index is 12.0. The number of ether oxygens (including phenoxy) is 3. The molecule has 11 heteroatoms. The van der Waals surface area contributed by atoms with Crippen LogP contribution in [0, 0.1) is 20.8 Å². The van der Waals surface area contributed by atoms with Crippen LogP contribution in [0.3, 0.4) is 0 Å². The average Bonchev–Trinajstić information content (AvgIpc) is 3.09. The summed E-state index contributed by atoms with van der Waals surface area (Å²) >= 11 is 6.16. The second-order valence-corrected chi connectivity index (χ2v) is 11.3. The standard InChI is InChI=1S/C19H23NO3.C18H20ClN3O3/c1-13-9-10-14(2)17(11-13)23-12-15-7-5-6-8-16(15)18(22-4)19(21)20-3;1-12-5-4-6-16(21-12)11-25-22-13(2)14-7-8-17(19)15(9-14)10-20-18(23)24-3/h5-11,18H,12H2,1-4H3,(H,20,21);4-9H,10-11H2,1-3H3,(H,20,23)/b;22-13+. The number of carbonyl (C=O) groups excluding carboxylic acids is 2. The van der Waals surface area contributed by atoms with Crippen LogP contribution in [0.25, 0.3) is 0 Å². The lowest BCUT2D eigenvalue weighted by Gasteiger charge is -2.18. The van der Waals surface area contributed by atoms with E-state index in [0.29, 0.717) is 23.9 Å². The number of pyridine rings is 1. The van der Waals surface area contributed by atoms with Crippen LogP contribution in [0.4, 0.5) is 4.79 Å². The third kappa shape index (κ3) is 11.4. The van der Waals surface area contributed by atoms with Crippen LogP contribution in [0.1, 0.15) is 57.8 Å². The van der Waals surface area contributed by atoms with Crippen LogP contribution < -0.4 is 15.4 Å². The van der Waals surface area contributed by atoms with E-state index in [2.05, 4.69) is 31.6 Å². The molecule has 0 spiro atoms. The number of nitrogens with zero attached hydrogens (tertiary/aromatic N) is 2. The third-order valence-corrected chi connectivity index (χ3v) is 7.59. The zero-order valence-electron chi connectivity index (χ0n) is 28.4. The van der Waals surface area contributed by atoms with Crippen LogP contribution in [-0.2, 0) is 38.9 Å². The lowest BCUT2D eigenvalue weighted by Crippen LogP contribution is -2.27. The summed E-state index contributed by atoms with van der Waals surface area (Å²) in [5.41, 5.74) is 8.05. The Kier molecular flexibility index (Phi) is 14.9. The predicted molar refractivity (Wildman–Crippen MR) is 187 cm³/mol. The summed E-state index contributed by atoms with van der Waals surface area (Å²) in [6, 6.07) is 25.0. The van der Waals surface area contributed by atoms with Crippen molar-refractivity contribution in [2.75, 3.05) is 21.3 Å². The highest BCUT2D eigenvalue weighted by Crippen LogP contribution is 2.25. The van der Waals surface area contributed by atoms with E-state index in [1.165, 1.54) is 14.2 Å². The smallest absolute Gasteiger partial charge is 0.407 e. The Labute approximate surface area is 287 Å². The quantitative estimate of drug-likeness (QED) is 0.121. The van der Waals surface area contributed by atoms with E-state index in [1.54, 1.807) is 13.1 Å². The number of nitrogens with one attached hydrogen (secondary N) is 2. The number of carbonyl (C=O) groups is 2. The van der Waals surface area contributed by atoms with E-state index in [4.69, 9.17) is 25.9 Å². The lowest BCUT2D eigenvalue weighted by atomic mass is 10.0. The van der Waals surface area contributed by atoms with Gasteiger partial charge in [0.05, 0.1) is 18.5 Å². The van der Waals surface area contributed by atoms with E-state index >= 15 is 0 Å². The highest BCUT2D eigenvalue weighted by molar-refractivity contribution is 6.31. The van der Waals surface area contributed by atoms with Crippen molar-refractivity contribution < 1.29 is 28.6 Å². The maximum Gasteiger partial charge on any atom is 0.407 e. The molecule has 3 aromatic carbocycles. The highest BCUT2D eigenvalue weighted by Gasteiger charge is 2.21. The van der Waals surface area contributed by atoms with Gasteiger partial charge >= 0.3 is 6.09 Å². The van der Waals surface area contributed by atoms with Crippen molar-refractivity contribution in [1.82, 2.24) is 15.6 Å². The van der Waals surface area contributed by atoms with Gasteiger partial charge in [-0.05, 0) is 91.4 Å². The Balaban J connectivity index is 0.000000261. The van der Waals surface area contributed by atoms with Gasteiger partial charge in [0.2, 0.25) is 0 Å². The Morgan fingerprint density at radius 1 is 0.917 bits per heavy atom. The van der Waals surface area contributed by atoms with Crippen molar-refractivity contribution in [2.24, 2.45) is 5.16 Å². The first kappa shape index (κ1) is 37.5. The number of aromatic nitrogens is 1. The van der Waals surface area contributed by atoms with Gasteiger partial charge < -0.3 is 29.7 Å². The molecule has 0 radical (unpaired) electrons. The minimum absolute atomic E-state index is 0.174. The molecule has 4 aromatic rings. The summed E-state index contributed by atoms with van der Waals surface area (Å²) in [6.07, 6.45) is -1.15. The van der Waals surface area contributed by atoms with Gasteiger partial charge in [-0.25, -0.2) is 4.79 Å². The van der Waals surface area contributed by atoms with E-state index in [-0.39, 0.29) is 12.5 Å². The molecular weight excluding hydrogens is 632 g/mol. The zero-order valence-corrected chi connectivity index (χ0v) is 29.2. The van der Waals surface area contributed by atoms with Gasteiger partial charge in [-0.2, -0.15) is 0 Å². The first-order chi connectivity index (χ1) is 23.1. The number of hydrogen-bond acceptors (Lipinski definition) is 8. The summed E-state index contributed by atoms with van der Waals surface area (Å²) in [7, 11) is 4.44. The molecule has 4 rings (SSSR count). The largest absolute Gasteiger partial charge is 0.489 e. The Morgan fingerprint density at radius 2 is 1.69 bits per heavy atom. The van der Waals surface area contributed by atoms with Crippen molar-refractivity contribution in [3.63, 3.8) is 0 Å². The second kappa shape index (κ2) is 19.0. The molecule has 254 valence electrons. The summed E-state index contributed by atoms with van der Waals surface area (Å²) in [4.78, 5) is 32.9. The fourth-order valence-corrected chi connectivity index (χ4v) is 4.73. The first-order valence-corrected chi connectivity index (χ1v) is 15.7. The molecule has 0 aliphatic heterocycles. The van der Waals surface area contributed by atoms with E-state index in [1.807, 2.05) is 94.4 Å². The molecule has 2 N–H and O–H groups in total. The summed E-state index contributed by atoms with van der Waals surface area (Å²) in [6.45, 7) is 8.76. The van der Waals surface area contributed by atoms with Crippen molar-refractivity contribution in [1.29, 1.82) is 0 Å². The average molecular weight is 675 g/mol. The third-order valence-electron chi connectivity index (χ3n) is 7.22. The van der Waals surface area contributed by atoms with Gasteiger partial charge in [0.1, 0.15) is 12.4 Å². The number of methoxy groups -OCH3 is 2. The number of halogens is 1. The Morgan fingerprint density at radius 3 is 2.40 bits per heavy atom. The lowest BCUT2D eigenvalue weighted by molar-refractivity contribution is -0.130. The van der Waals surface area contributed by atoms with E-state index in [0.717, 1.165) is 50.5 Å². The molecule has 1 atom stereocenters. The van der Waals surface area contributed by atoms with Crippen LogP contribution in [0.15, 0.2) is 84.0 Å². The van der Waals surface area contributed by atoms with Gasteiger partial charge in [0.15, 0.2) is 12.7 Å². The minimum atomic E-state index is -0.640. The van der Waals surface area contributed by atoms with Gasteiger partial charge in [0.25, 0.3) is 5.91 Å². The van der Waals surface area contributed by atoms with Gasteiger partial charge in [-0.1, -0.05) is 65.3 Å². The second-order valence-electron chi connectivity index (χ2n) is 10.9. The van der Waals surface area contributed by atoms with Gasteiger partial charge in [0, 0.05) is 31.4 Å². The molecule has 1 unspecified atom stereocenters. The number of likely N-dealkylation sites (N-methyl/N-ethyl adjacent to an activating group) is 1. The molecule has 0 aliphatic carbocycles.